The summed E-state index contributed by atoms with van der Waals surface area (Å²) in [5.74, 6) is -0.290. The number of carbonyl (C=O) groups is 1. The lowest BCUT2D eigenvalue weighted by Gasteiger charge is -2.31. The molecule has 2 aliphatic rings. The molecule has 0 atom stereocenters. The second-order valence-corrected chi connectivity index (χ2v) is 10.2. The molecule has 2 aromatic rings. The zero-order valence-electron chi connectivity index (χ0n) is 16.2. The fourth-order valence-corrected chi connectivity index (χ4v) is 5.90. The van der Waals surface area contributed by atoms with E-state index in [4.69, 9.17) is 11.6 Å². The van der Waals surface area contributed by atoms with Gasteiger partial charge in [-0.2, -0.15) is 4.31 Å². The van der Waals surface area contributed by atoms with E-state index in [2.05, 4.69) is 5.32 Å². The maximum Gasteiger partial charge on any atom is 0.243 e. The van der Waals surface area contributed by atoms with Crippen molar-refractivity contribution in [2.45, 2.75) is 43.4 Å². The molecule has 7 heteroatoms. The van der Waals surface area contributed by atoms with Gasteiger partial charge < -0.3 is 5.32 Å². The molecule has 2 aromatic carbocycles. The monoisotopic (exact) mass is 432 g/mol. The third-order valence-electron chi connectivity index (χ3n) is 5.87. The van der Waals surface area contributed by atoms with Crippen molar-refractivity contribution in [2.75, 3.05) is 18.4 Å². The molecule has 0 saturated carbocycles. The second kappa shape index (κ2) is 8.46. The lowest BCUT2D eigenvalue weighted by Crippen LogP contribution is -2.41. The van der Waals surface area contributed by atoms with E-state index in [1.54, 1.807) is 30.3 Å². The van der Waals surface area contributed by atoms with Gasteiger partial charge >= 0.3 is 0 Å². The summed E-state index contributed by atoms with van der Waals surface area (Å²) in [6.45, 7) is 0.708. The van der Waals surface area contributed by atoms with E-state index in [1.165, 1.54) is 16.3 Å². The Kier molecular flexibility index (Phi) is 5.95. The molecular weight excluding hydrogens is 408 g/mol. The van der Waals surface area contributed by atoms with Crippen LogP contribution in [-0.2, 0) is 27.7 Å². The minimum atomic E-state index is -3.52. The van der Waals surface area contributed by atoms with Gasteiger partial charge in [-0.15, -0.1) is 0 Å². The van der Waals surface area contributed by atoms with Gasteiger partial charge in [0.1, 0.15) is 0 Å². The van der Waals surface area contributed by atoms with Crippen LogP contribution < -0.4 is 5.32 Å². The number of hydrogen-bond donors (Lipinski definition) is 1. The number of nitrogens with zero attached hydrogens (tertiary/aromatic N) is 1. The molecule has 1 amide bonds. The molecule has 1 N–H and O–H groups in total. The summed E-state index contributed by atoms with van der Waals surface area (Å²) < 4.78 is 27.7. The van der Waals surface area contributed by atoms with E-state index in [9.17, 15) is 13.2 Å². The number of sulfonamides is 1. The van der Waals surface area contributed by atoms with Crippen molar-refractivity contribution in [3.05, 3.63) is 58.6 Å². The minimum absolute atomic E-state index is 0.0851. The highest BCUT2D eigenvalue weighted by Gasteiger charge is 2.32. The Balaban J connectivity index is 1.40. The zero-order chi connectivity index (χ0) is 20.4. The van der Waals surface area contributed by atoms with E-state index in [1.807, 2.05) is 12.1 Å². The number of piperidine rings is 1. The van der Waals surface area contributed by atoms with Gasteiger partial charge in [-0.1, -0.05) is 23.7 Å². The van der Waals surface area contributed by atoms with Crippen molar-refractivity contribution in [1.29, 1.82) is 0 Å². The van der Waals surface area contributed by atoms with Crippen LogP contribution in [0.25, 0.3) is 0 Å². The number of rotatable bonds is 4. The summed E-state index contributed by atoms with van der Waals surface area (Å²) in [6.07, 6.45) is 5.29. The summed E-state index contributed by atoms with van der Waals surface area (Å²) in [7, 11) is -3.52. The normalized spacial score (nSPS) is 18.2. The van der Waals surface area contributed by atoms with E-state index < -0.39 is 10.0 Å². The van der Waals surface area contributed by atoms with Crippen LogP contribution in [0.2, 0.25) is 5.02 Å². The molecule has 154 valence electrons. The Hall–Kier alpha value is -1.89. The number of aryl methyl sites for hydroxylation is 2. The number of benzene rings is 2. The SMILES string of the molecule is O=C(Nc1cccc(Cl)c1)C1CCN(S(=O)(=O)c2ccc3c(c2)CCCC3)CC1. The van der Waals surface area contributed by atoms with Crippen molar-refractivity contribution >= 4 is 33.2 Å². The molecule has 1 heterocycles. The quantitative estimate of drug-likeness (QED) is 0.784. The van der Waals surface area contributed by atoms with E-state index in [-0.39, 0.29) is 11.8 Å². The topological polar surface area (TPSA) is 66.5 Å². The van der Waals surface area contributed by atoms with Crippen LogP contribution in [0.3, 0.4) is 0 Å². The molecule has 1 aliphatic carbocycles. The van der Waals surface area contributed by atoms with Gasteiger partial charge in [-0.25, -0.2) is 8.42 Å². The predicted molar refractivity (Wildman–Crippen MR) is 115 cm³/mol. The van der Waals surface area contributed by atoms with Crippen LogP contribution in [0, 0.1) is 5.92 Å². The Morgan fingerprint density at radius 3 is 2.45 bits per heavy atom. The average Bonchev–Trinajstić information content (AvgIpc) is 2.73. The number of nitrogens with one attached hydrogen (secondary N) is 1. The first-order valence-electron chi connectivity index (χ1n) is 10.1. The van der Waals surface area contributed by atoms with Crippen LogP contribution in [0.5, 0.6) is 0 Å². The second-order valence-electron chi connectivity index (χ2n) is 7.82. The van der Waals surface area contributed by atoms with Crippen molar-refractivity contribution < 1.29 is 13.2 Å². The number of fused-ring (bicyclic) bond motifs is 1. The average molecular weight is 433 g/mol. The molecule has 0 unspecified atom stereocenters. The van der Waals surface area contributed by atoms with Gasteiger partial charge in [-0.05, 0) is 80.0 Å². The first kappa shape index (κ1) is 20.4. The smallest absolute Gasteiger partial charge is 0.243 e. The summed E-state index contributed by atoms with van der Waals surface area (Å²) in [5.41, 5.74) is 3.09. The first-order chi connectivity index (χ1) is 13.9. The predicted octanol–water partition coefficient (Wildman–Crippen LogP) is 4.26. The van der Waals surface area contributed by atoms with Crippen LogP contribution in [-0.4, -0.2) is 31.7 Å². The van der Waals surface area contributed by atoms with Crippen LogP contribution in [0.4, 0.5) is 5.69 Å². The maximum atomic E-state index is 13.1. The van der Waals surface area contributed by atoms with E-state index in [0.29, 0.717) is 41.5 Å². The molecular formula is C22H25ClN2O3S. The molecule has 4 rings (SSSR count). The third-order valence-corrected chi connectivity index (χ3v) is 8.00. The number of carbonyl (C=O) groups excluding carboxylic acids is 1. The highest BCUT2D eigenvalue weighted by atomic mass is 35.5. The van der Waals surface area contributed by atoms with Crippen molar-refractivity contribution in [3.63, 3.8) is 0 Å². The molecule has 1 fully saturated rings. The fraction of sp³-hybridized carbons (Fsp3) is 0.409. The van der Waals surface area contributed by atoms with Gasteiger partial charge in [0.2, 0.25) is 15.9 Å². The lowest BCUT2D eigenvalue weighted by atomic mass is 9.92. The minimum Gasteiger partial charge on any atom is -0.326 e. The van der Waals surface area contributed by atoms with Gasteiger partial charge in [-0.3, -0.25) is 4.79 Å². The van der Waals surface area contributed by atoms with E-state index in [0.717, 1.165) is 24.8 Å². The van der Waals surface area contributed by atoms with E-state index >= 15 is 0 Å². The third kappa shape index (κ3) is 4.49. The van der Waals surface area contributed by atoms with Crippen LogP contribution >= 0.6 is 11.6 Å². The summed E-state index contributed by atoms with van der Waals surface area (Å²) in [5, 5.41) is 3.44. The number of hydrogen-bond acceptors (Lipinski definition) is 3. The molecule has 0 radical (unpaired) electrons. The number of amides is 1. The Bertz CT molecular complexity index is 1010. The first-order valence-corrected chi connectivity index (χ1v) is 11.9. The molecule has 5 nitrogen and oxygen atoms in total. The molecule has 1 saturated heterocycles. The largest absolute Gasteiger partial charge is 0.326 e. The molecule has 0 bridgehead atoms. The summed E-state index contributed by atoms with van der Waals surface area (Å²) in [6, 6.07) is 12.6. The summed E-state index contributed by atoms with van der Waals surface area (Å²) >= 11 is 5.96. The molecule has 0 aromatic heterocycles. The van der Waals surface area contributed by atoms with Gasteiger partial charge in [0.05, 0.1) is 4.90 Å². The van der Waals surface area contributed by atoms with Crippen LogP contribution in [0.15, 0.2) is 47.4 Å². The van der Waals surface area contributed by atoms with Crippen molar-refractivity contribution in [1.82, 2.24) is 4.31 Å². The highest BCUT2D eigenvalue weighted by Crippen LogP contribution is 2.28. The van der Waals surface area contributed by atoms with Gasteiger partial charge in [0.25, 0.3) is 0 Å². The van der Waals surface area contributed by atoms with Gasteiger partial charge in [0, 0.05) is 29.7 Å². The standard InChI is InChI=1S/C22H25ClN2O3S/c23-19-6-3-7-20(15-19)24-22(26)17-10-12-25(13-11-17)29(27,28)21-9-8-16-4-1-2-5-18(16)14-21/h3,6-9,14-15,17H,1-2,4-5,10-13H2,(H,24,26). The fourth-order valence-electron chi connectivity index (χ4n) is 4.19. The van der Waals surface area contributed by atoms with Gasteiger partial charge in [0.15, 0.2) is 0 Å². The Morgan fingerprint density at radius 2 is 1.72 bits per heavy atom. The highest BCUT2D eigenvalue weighted by molar-refractivity contribution is 7.89. The zero-order valence-corrected chi connectivity index (χ0v) is 17.8. The van der Waals surface area contributed by atoms with Crippen LogP contribution in [0.1, 0.15) is 36.8 Å². The molecule has 1 aliphatic heterocycles. The Morgan fingerprint density at radius 1 is 1.00 bits per heavy atom. The van der Waals surface area contributed by atoms with Crippen molar-refractivity contribution in [3.8, 4) is 0 Å². The maximum absolute atomic E-state index is 13.1. The number of anilines is 1. The summed E-state index contributed by atoms with van der Waals surface area (Å²) in [4.78, 5) is 12.9. The molecule has 0 spiro atoms. The van der Waals surface area contributed by atoms with Crippen molar-refractivity contribution in [2.24, 2.45) is 5.92 Å². The Labute approximate surface area is 177 Å². The number of halogens is 1. The lowest BCUT2D eigenvalue weighted by molar-refractivity contribution is -0.120. The molecule has 29 heavy (non-hydrogen) atoms.